The first-order valence-electron chi connectivity index (χ1n) is 8.25. The quantitative estimate of drug-likeness (QED) is 0.619. The van der Waals surface area contributed by atoms with Gasteiger partial charge in [-0.2, -0.15) is 0 Å². The molecule has 0 spiro atoms. The van der Waals surface area contributed by atoms with Crippen molar-refractivity contribution in [2.75, 3.05) is 13.2 Å². The Kier molecular flexibility index (Phi) is 7.94. The van der Waals surface area contributed by atoms with Crippen LogP contribution in [0.3, 0.4) is 0 Å². The van der Waals surface area contributed by atoms with Crippen molar-refractivity contribution in [1.82, 2.24) is 10.9 Å². The van der Waals surface area contributed by atoms with Gasteiger partial charge in [-0.25, -0.2) is 0 Å². The monoisotopic (exact) mass is 454 g/mol. The lowest BCUT2D eigenvalue weighted by Gasteiger charge is -2.11. The number of halogens is 2. The van der Waals surface area contributed by atoms with Gasteiger partial charge in [0.15, 0.2) is 6.61 Å². The van der Waals surface area contributed by atoms with Crippen LogP contribution >= 0.6 is 27.5 Å². The second kappa shape index (κ2) is 10.2. The van der Waals surface area contributed by atoms with E-state index in [0.29, 0.717) is 34.6 Å². The van der Waals surface area contributed by atoms with Crippen LogP contribution in [0, 0.1) is 5.92 Å². The number of rotatable bonds is 7. The average molecular weight is 456 g/mol. The van der Waals surface area contributed by atoms with Crippen molar-refractivity contribution in [3.8, 4) is 11.5 Å². The van der Waals surface area contributed by atoms with Crippen LogP contribution in [0.15, 0.2) is 46.9 Å². The lowest BCUT2D eigenvalue weighted by molar-refractivity contribution is -0.123. The molecule has 0 aliphatic carbocycles. The first-order valence-corrected chi connectivity index (χ1v) is 9.42. The summed E-state index contributed by atoms with van der Waals surface area (Å²) in [7, 11) is 0. The number of hydrogen-bond acceptors (Lipinski definition) is 4. The number of carbonyl (C=O) groups excluding carboxylic acids is 2. The summed E-state index contributed by atoms with van der Waals surface area (Å²) in [5.74, 6) is 0.514. The molecule has 27 heavy (non-hydrogen) atoms. The standard InChI is InChI=1S/C19H20BrClN2O4/c1-12(2)10-26-15-6-3-13(4-7-15)19(25)23-22-18(24)11-27-17-8-5-14(20)9-16(17)21/h3-9,12H,10-11H2,1-2H3,(H,22,24)(H,23,25). The van der Waals surface area contributed by atoms with Crippen molar-refractivity contribution in [2.24, 2.45) is 5.92 Å². The number of carbonyl (C=O) groups is 2. The van der Waals surface area contributed by atoms with Crippen LogP contribution in [0.25, 0.3) is 0 Å². The van der Waals surface area contributed by atoms with Gasteiger partial charge in [-0.3, -0.25) is 20.4 Å². The van der Waals surface area contributed by atoms with Gasteiger partial charge in [0.25, 0.3) is 11.8 Å². The molecule has 2 aromatic rings. The topological polar surface area (TPSA) is 76.7 Å². The largest absolute Gasteiger partial charge is 0.493 e. The first-order chi connectivity index (χ1) is 12.8. The van der Waals surface area contributed by atoms with E-state index in [1.165, 1.54) is 0 Å². The number of benzene rings is 2. The molecular weight excluding hydrogens is 436 g/mol. The molecule has 0 radical (unpaired) electrons. The molecule has 2 N–H and O–H groups in total. The molecule has 0 fully saturated rings. The van der Waals surface area contributed by atoms with Gasteiger partial charge in [-0.15, -0.1) is 0 Å². The molecule has 144 valence electrons. The Labute approximate surface area is 171 Å². The second-order valence-corrected chi connectivity index (χ2v) is 7.42. The molecule has 0 bridgehead atoms. The predicted molar refractivity (Wildman–Crippen MR) is 107 cm³/mol. The van der Waals surface area contributed by atoms with Crippen LogP contribution in [-0.4, -0.2) is 25.0 Å². The van der Waals surface area contributed by atoms with Gasteiger partial charge in [0.1, 0.15) is 11.5 Å². The van der Waals surface area contributed by atoms with E-state index in [9.17, 15) is 9.59 Å². The smallest absolute Gasteiger partial charge is 0.276 e. The summed E-state index contributed by atoms with van der Waals surface area (Å²) in [6.07, 6.45) is 0. The van der Waals surface area contributed by atoms with Gasteiger partial charge in [0, 0.05) is 10.0 Å². The van der Waals surface area contributed by atoms with E-state index < -0.39 is 11.8 Å². The third-order valence-electron chi connectivity index (χ3n) is 3.27. The lowest BCUT2D eigenvalue weighted by atomic mass is 10.2. The molecule has 6 nitrogen and oxygen atoms in total. The molecule has 0 saturated carbocycles. The number of hydrogen-bond donors (Lipinski definition) is 2. The molecule has 0 atom stereocenters. The van der Waals surface area contributed by atoms with Gasteiger partial charge in [0.05, 0.1) is 11.6 Å². The normalized spacial score (nSPS) is 10.4. The van der Waals surface area contributed by atoms with Gasteiger partial charge >= 0.3 is 0 Å². The van der Waals surface area contributed by atoms with E-state index in [1.54, 1.807) is 42.5 Å². The van der Waals surface area contributed by atoms with Crippen molar-refractivity contribution in [1.29, 1.82) is 0 Å². The van der Waals surface area contributed by atoms with E-state index in [0.717, 1.165) is 4.47 Å². The molecule has 0 unspecified atom stereocenters. The minimum Gasteiger partial charge on any atom is -0.493 e. The Morgan fingerprint density at radius 3 is 2.41 bits per heavy atom. The molecule has 0 aliphatic rings. The zero-order valence-electron chi connectivity index (χ0n) is 14.9. The molecule has 2 amide bonds. The van der Waals surface area contributed by atoms with Crippen LogP contribution < -0.4 is 20.3 Å². The van der Waals surface area contributed by atoms with Crippen LogP contribution in [-0.2, 0) is 4.79 Å². The maximum atomic E-state index is 12.1. The van der Waals surface area contributed by atoms with Gasteiger partial charge < -0.3 is 9.47 Å². The minimum absolute atomic E-state index is 0.288. The summed E-state index contributed by atoms with van der Waals surface area (Å²) >= 11 is 9.29. The van der Waals surface area contributed by atoms with Crippen LogP contribution in [0.1, 0.15) is 24.2 Å². The van der Waals surface area contributed by atoms with Crippen molar-refractivity contribution < 1.29 is 19.1 Å². The van der Waals surface area contributed by atoms with Crippen molar-refractivity contribution >= 4 is 39.3 Å². The Morgan fingerprint density at radius 2 is 1.78 bits per heavy atom. The maximum absolute atomic E-state index is 12.1. The Bertz CT molecular complexity index is 797. The summed E-state index contributed by atoms with van der Waals surface area (Å²) in [6.45, 7) is 4.42. The molecular formula is C19H20BrClN2O4. The summed E-state index contributed by atoms with van der Waals surface area (Å²) in [6, 6.07) is 11.7. The minimum atomic E-state index is -0.515. The third-order valence-corrected chi connectivity index (χ3v) is 4.06. The van der Waals surface area contributed by atoms with Gasteiger partial charge in [-0.05, 0) is 48.4 Å². The molecule has 2 rings (SSSR count). The Balaban J connectivity index is 1.78. The molecule has 0 aliphatic heterocycles. The first kappa shape index (κ1) is 21.1. The summed E-state index contributed by atoms with van der Waals surface area (Å²) < 4.78 is 11.7. The Morgan fingerprint density at radius 1 is 1.07 bits per heavy atom. The van der Waals surface area contributed by atoms with Gasteiger partial charge in [-0.1, -0.05) is 41.4 Å². The fourth-order valence-electron chi connectivity index (χ4n) is 1.94. The highest BCUT2D eigenvalue weighted by molar-refractivity contribution is 9.10. The van der Waals surface area contributed by atoms with E-state index in [-0.39, 0.29) is 6.61 Å². The fourth-order valence-corrected chi connectivity index (χ4v) is 2.66. The summed E-state index contributed by atoms with van der Waals surface area (Å²) in [5.41, 5.74) is 5.01. The zero-order chi connectivity index (χ0) is 19.8. The molecule has 0 aromatic heterocycles. The SMILES string of the molecule is CC(C)COc1ccc(C(=O)NNC(=O)COc2ccc(Br)cc2Cl)cc1. The number of amides is 2. The summed E-state index contributed by atoms with van der Waals surface area (Å²) in [5, 5.41) is 0.376. The van der Waals surface area contributed by atoms with E-state index in [4.69, 9.17) is 21.1 Å². The Hall–Kier alpha value is -2.25. The van der Waals surface area contributed by atoms with Gasteiger partial charge in [0.2, 0.25) is 0 Å². The van der Waals surface area contributed by atoms with Crippen LogP contribution in [0.4, 0.5) is 0 Å². The molecule has 2 aromatic carbocycles. The maximum Gasteiger partial charge on any atom is 0.276 e. The predicted octanol–water partition coefficient (Wildman–Crippen LogP) is 3.98. The molecule has 8 heteroatoms. The fraction of sp³-hybridized carbons (Fsp3) is 0.263. The van der Waals surface area contributed by atoms with Crippen molar-refractivity contribution in [3.63, 3.8) is 0 Å². The highest BCUT2D eigenvalue weighted by atomic mass is 79.9. The number of ether oxygens (including phenoxy) is 2. The highest BCUT2D eigenvalue weighted by Crippen LogP contribution is 2.27. The van der Waals surface area contributed by atoms with E-state index in [2.05, 4.69) is 40.6 Å². The van der Waals surface area contributed by atoms with Crippen molar-refractivity contribution in [3.05, 3.63) is 57.5 Å². The number of hydrazine groups is 1. The highest BCUT2D eigenvalue weighted by Gasteiger charge is 2.10. The molecule has 0 heterocycles. The second-order valence-electron chi connectivity index (χ2n) is 6.09. The third kappa shape index (κ3) is 7.11. The van der Waals surface area contributed by atoms with E-state index in [1.807, 2.05) is 0 Å². The average Bonchev–Trinajstić information content (AvgIpc) is 2.64. The van der Waals surface area contributed by atoms with Crippen LogP contribution in [0.2, 0.25) is 5.02 Å². The zero-order valence-corrected chi connectivity index (χ0v) is 17.3. The van der Waals surface area contributed by atoms with Crippen LogP contribution in [0.5, 0.6) is 11.5 Å². The summed E-state index contributed by atoms with van der Waals surface area (Å²) in [4.78, 5) is 23.9. The van der Waals surface area contributed by atoms with E-state index >= 15 is 0 Å². The molecule has 0 saturated heterocycles. The lowest BCUT2D eigenvalue weighted by Crippen LogP contribution is -2.43. The van der Waals surface area contributed by atoms with Crippen molar-refractivity contribution in [2.45, 2.75) is 13.8 Å². The number of nitrogens with one attached hydrogen (secondary N) is 2.